The molecule has 2 heterocycles. The topological polar surface area (TPSA) is 122 Å². The van der Waals surface area contributed by atoms with E-state index in [0.29, 0.717) is 12.8 Å². The molecule has 0 aromatic carbocycles. The summed E-state index contributed by atoms with van der Waals surface area (Å²) >= 11 is 0. The third-order valence-corrected chi connectivity index (χ3v) is 4.63. The third kappa shape index (κ3) is 3.55. The highest BCUT2D eigenvalue weighted by Crippen LogP contribution is 2.37. The Morgan fingerprint density at radius 3 is 2.76 bits per heavy atom. The van der Waals surface area contributed by atoms with Crippen LogP contribution in [0.15, 0.2) is 28.2 Å². The van der Waals surface area contributed by atoms with Crippen molar-refractivity contribution in [3.8, 4) is 0 Å². The highest BCUT2D eigenvalue weighted by Gasteiger charge is 2.36. The maximum Gasteiger partial charge on any atom is 0.328 e. The summed E-state index contributed by atoms with van der Waals surface area (Å²) in [4.78, 5) is 38.3. The van der Waals surface area contributed by atoms with E-state index >= 15 is 0 Å². The summed E-state index contributed by atoms with van der Waals surface area (Å²) in [5, 5.41) is 16.6. The van der Waals surface area contributed by atoms with Crippen LogP contribution < -0.4 is 16.6 Å². The number of carbonyl (C=O) groups is 1. The molecule has 1 atom stereocenters. The first-order valence-electron chi connectivity index (χ1n) is 8.08. The molecule has 0 bridgehead atoms. The van der Waals surface area contributed by atoms with Crippen molar-refractivity contribution in [3.63, 3.8) is 0 Å². The van der Waals surface area contributed by atoms with Gasteiger partial charge < -0.3 is 15.4 Å². The second kappa shape index (κ2) is 6.67. The van der Waals surface area contributed by atoms with Crippen LogP contribution in [0, 0.1) is 5.92 Å². The Morgan fingerprint density at radius 2 is 2.16 bits per heavy atom. The number of hydrogen-bond acceptors (Lipinski definition) is 5. The Morgan fingerprint density at radius 1 is 1.44 bits per heavy atom. The molecule has 1 aliphatic rings. The molecule has 25 heavy (non-hydrogen) atoms. The molecule has 0 radical (unpaired) electrons. The minimum absolute atomic E-state index is 0.126. The molecule has 0 aliphatic heterocycles. The number of H-pyrrole nitrogens is 1. The Bertz CT molecular complexity index is 890. The van der Waals surface area contributed by atoms with Gasteiger partial charge in [0.25, 0.3) is 5.56 Å². The monoisotopic (exact) mass is 347 g/mol. The number of amides is 1. The van der Waals surface area contributed by atoms with Gasteiger partial charge >= 0.3 is 5.69 Å². The van der Waals surface area contributed by atoms with Crippen molar-refractivity contribution in [3.05, 3.63) is 50.6 Å². The molecule has 1 fully saturated rings. The standard InChI is InChI=1S/C16H21N5O4/c1-20-8-11(7-18-20)14(9-3-12(22)4-9)19-13(23)5-10-6-17-16(25)21(2)15(10)24/h6-9,12,14,22H,3-5H2,1-2H3,(H,17,25)(H,19,23)/t9?,12?,14-/m1/s1. The molecule has 0 saturated heterocycles. The normalized spacial score (nSPS) is 20.8. The zero-order chi connectivity index (χ0) is 18.1. The predicted molar refractivity (Wildman–Crippen MR) is 88.8 cm³/mol. The van der Waals surface area contributed by atoms with Crippen molar-refractivity contribution in [1.82, 2.24) is 24.6 Å². The van der Waals surface area contributed by atoms with Crippen molar-refractivity contribution in [2.45, 2.75) is 31.4 Å². The van der Waals surface area contributed by atoms with Gasteiger partial charge in [0.15, 0.2) is 0 Å². The van der Waals surface area contributed by atoms with Crippen molar-refractivity contribution >= 4 is 5.91 Å². The number of carbonyl (C=O) groups excluding carboxylic acids is 1. The molecular formula is C16H21N5O4. The average Bonchev–Trinajstić information content (AvgIpc) is 2.97. The molecule has 1 saturated carbocycles. The van der Waals surface area contributed by atoms with Crippen molar-refractivity contribution < 1.29 is 9.90 Å². The molecule has 9 nitrogen and oxygen atoms in total. The van der Waals surface area contributed by atoms with Crippen LogP contribution in [0.3, 0.4) is 0 Å². The average molecular weight is 347 g/mol. The van der Waals surface area contributed by atoms with Gasteiger partial charge in [-0.2, -0.15) is 5.10 Å². The van der Waals surface area contributed by atoms with Gasteiger partial charge in [-0.15, -0.1) is 0 Å². The molecule has 0 spiro atoms. The molecule has 2 aromatic rings. The third-order valence-electron chi connectivity index (χ3n) is 4.63. The first kappa shape index (κ1) is 17.2. The van der Waals surface area contributed by atoms with Crippen molar-refractivity contribution in [1.29, 1.82) is 0 Å². The van der Waals surface area contributed by atoms with E-state index in [4.69, 9.17) is 0 Å². The number of rotatable bonds is 5. The lowest BCUT2D eigenvalue weighted by Gasteiger charge is -2.37. The summed E-state index contributed by atoms with van der Waals surface area (Å²) in [7, 11) is 3.15. The maximum absolute atomic E-state index is 12.4. The minimum atomic E-state index is -0.522. The van der Waals surface area contributed by atoms with Crippen molar-refractivity contribution in [2.24, 2.45) is 20.0 Å². The van der Waals surface area contributed by atoms with E-state index in [1.807, 2.05) is 6.20 Å². The van der Waals surface area contributed by atoms with Crippen LogP contribution in [0.2, 0.25) is 0 Å². The van der Waals surface area contributed by atoms with E-state index in [2.05, 4.69) is 15.4 Å². The van der Waals surface area contributed by atoms with Crippen LogP contribution in [0.1, 0.15) is 30.0 Å². The SMILES string of the molecule is Cn1cc([C@H](NC(=O)Cc2c[nH]c(=O)n(C)c2=O)C2CC(O)C2)cn1. The number of nitrogens with one attached hydrogen (secondary N) is 2. The van der Waals surface area contributed by atoms with Gasteiger partial charge in [0.05, 0.1) is 24.8 Å². The van der Waals surface area contributed by atoms with E-state index in [9.17, 15) is 19.5 Å². The Labute approximate surface area is 143 Å². The first-order chi connectivity index (χ1) is 11.8. The summed E-state index contributed by atoms with van der Waals surface area (Å²) in [6, 6.07) is -0.267. The van der Waals surface area contributed by atoms with Gasteiger partial charge in [-0.3, -0.25) is 18.8 Å². The number of aliphatic hydroxyl groups excluding tert-OH is 1. The number of aliphatic hydroxyl groups is 1. The second-order valence-corrected chi connectivity index (χ2v) is 6.54. The smallest absolute Gasteiger partial charge is 0.328 e. The van der Waals surface area contributed by atoms with Crippen LogP contribution in [-0.2, 0) is 25.3 Å². The minimum Gasteiger partial charge on any atom is -0.393 e. The summed E-state index contributed by atoms with van der Waals surface area (Å²) in [6.07, 6.45) is 5.54. The lowest BCUT2D eigenvalue weighted by molar-refractivity contribution is -0.122. The number of aromatic amines is 1. The fourth-order valence-corrected chi connectivity index (χ4v) is 3.12. The molecule has 1 aliphatic carbocycles. The molecule has 2 aromatic heterocycles. The lowest BCUT2D eigenvalue weighted by Crippen LogP contribution is -2.42. The van der Waals surface area contributed by atoms with Crippen LogP contribution in [0.4, 0.5) is 0 Å². The van der Waals surface area contributed by atoms with Gasteiger partial charge in [-0.25, -0.2) is 4.79 Å². The zero-order valence-corrected chi connectivity index (χ0v) is 14.1. The second-order valence-electron chi connectivity index (χ2n) is 6.54. The Kier molecular flexibility index (Phi) is 4.58. The zero-order valence-electron chi connectivity index (χ0n) is 14.1. The van der Waals surface area contributed by atoms with E-state index in [1.54, 1.807) is 17.9 Å². The van der Waals surface area contributed by atoms with Crippen LogP contribution in [-0.4, -0.2) is 36.4 Å². The van der Waals surface area contributed by atoms with E-state index < -0.39 is 11.2 Å². The number of nitrogens with zero attached hydrogens (tertiary/aromatic N) is 3. The first-order valence-corrected chi connectivity index (χ1v) is 8.08. The fourth-order valence-electron chi connectivity index (χ4n) is 3.12. The number of hydrogen-bond donors (Lipinski definition) is 3. The summed E-state index contributed by atoms with van der Waals surface area (Å²) in [5.74, 6) is -0.194. The molecule has 1 amide bonds. The number of aryl methyl sites for hydroxylation is 1. The fraction of sp³-hybridized carbons (Fsp3) is 0.500. The maximum atomic E-state index is 12.4. The lowest BCUT2D eigenvalue weighted by atomic mass is 9.75. The predicted octanol–water partition coefficient (Wildman–Crippen LogP) is -1.02. The Hall–Kier alpha value is -2.68. The van der Waals surface area contributed by atoms with E-state index in [1.165, 1.54) is 13.2 Å². The highest BCUT2D eigenvalue weighted by molar-refractivity contribution is 5.78. The van der Waals surface area contributed by atoms with Crippen LogP contribution in [0.5, 0.6) is 0 Å². The van der Waals surface area contributed by atoms with Gasteiger partial charge in [0.1, 0.15) is 0 Å². The summed E-state index contributed by atoms with van der Waals surface area (Å²) in [5.41, 5.74) is 0.0713. The summed E-state index contributed by atoms with van der Waals surface area (Å²) in [6.45, 7) is 0. The van der Waals surface area contributed by atoms with Gasteiger partial charge in [0, 0.05) is 37.6 Å². The molecule has 3 N–H and O–H groups in total. The van der Waals surface area contributed by atoms with Crippen LogP contribution in [0.25, 0.3) is 0 Å². The quantitative estimate of drug-likeness (QED) is 0.639. The highest BCUT2D eigenvalue weighted by atomic mass is 16.3. The van der Waals surface area contributed by atoms with Crippen LogP contribution >= 0.6 is 0 Å². The largest absolute Gasteiger partial charge is 0.393 e. The Balaban J connectivity index is 1.76. The van der Waals surface area contributed by atoms with Gasteiger partial charge in [0.2, 0.25) is 5.91 Å². The molecule has 9 heteroatoms. The van der Waals surface area contributed by atoms with E-state index in [0.717, 1.165) is 10.1 Å². The van der Waals surface area contributed by atoms with E-state index in [-0.39, 0.29) is 36.0 Å². The molecule has 134 valence electrons. The molecular weight excluding hydrogens is 326 g/mol. The number of aromatic nitrogens is 4. The van der Waals surface area contributed by atoms with Gasteiger partial charge in [-0.1, -0.05) is 0 Å². The summed E-state index contributed by atoms with van der Waals surface area (Å²) < 4.78 is 2.59. The van der Waals surface area contributed by atoms with Gasteiger partial charge in [-0.05, 0) is 18.8 Å². The molecule has 3 rings (SSSR count). The molecule has 0 unspecified atom stereocenters. The van der Waals surface area contributed by atoms with Crippen molar-refractivity contribution in [2.75, 3.05) is 0 Å².